The van der Waals surface area contributed by atoms with Gasteiger partial charge in [-0.05, 0) is 59.2 Å². The standard InChI is InChI=1S/C16H26N2O/c1-11-7-12(10-18-9-11)14(17-6)13-8-15(2,3)19-16(13,4)5/h7,9-10,13-14,17H,8H2,1-6H3. The van der Waals surface area contributed by atoms with Crippen molar-refractivity contribution in [3.8, 4) is 0 Å². The van der Waals surface area contributed by atoms with E-state index < -0.39 is 0 Å². The van der Waals surface area contributed by atoms with Crippen LogP contribution in [0, 0.1) is 12.8 Å². The molecule has 0 amide bonds. The van der Waals surface area contributed by atoms with Crippen LogP contribution >= 0.6 is 0 Å². The summed E-state index contributed by atoms with van der Waals surface area (Å²) < 4.78 is 6.22. The average Bonchev–Trinajstić information content (AvgIpc) is 2.48. The number of pyridine rings is 1. The summed E-state index contributed by atoms with van der Waals surface area (Å²) in [5, 5.41) is 3.46. The van der Waals surface area contributed by atoms with Gasteiger partial charge in [0.05, 0.1) is 11.2 Å². The zero-order chi connectivity index (χ0) is 14.3. The summed E-state index contributed by atoms with van der Waals surface area (Å²) in [6, 6.07) is 2.50. The van der Waals surface area contributed by atoms with Crippen molar-refractivity contribution in [2.24, 2.45) is 5.92 Å². The van der Waals surface area contributed by atoms with Gasteiger partial charge in [0.25, 0.3) is 0 Å². The maximum Gasteiger partial charge on any atom is 0.0681 e. The van der Waals surface area contributed by atoms with Gasteiger partial charge < -0.3 is 10.1 Å². The van der Waals surface area contributed by atoms with Gasteiger partial charge in [-0.3, -0.25) is 4.98 Å². The van der Waals surface area contributed by atoms with Crippen molar-refractivity contribution in [1.29, 1.82) is 0 Å². The van der Waals surface area contributed by atoms with Crippen LogP contribution in [-0.4, -0.2) is 23.2 Å². The Balaban J connectivity index is 2.32. The lowest BCUT2D eigenvalue weighted by Crippen LogP contribution is -2.37. The van der Waals surface area contributed by atoms with E-state index in [2.05, 4.69) is 51.0 Å². The van der Waals surface area contributed by atoms with E-state index in [1.165, 1.54) is 11.1 Å². The summed E-state index contributed by atoms with van der Waals surface area (Å²) >= 11 is 0. The summed E-state index contributed by atoms with van der Waals surface area (Å²) in [5.74, 6) is 0.441. The fraction of sp³-hybridized carbons (Fsp3) is 0.688. The largest absolute Gasteiger partial charge is 0.369 e. The van der Waals surface area contributed by atoms with E-state index in [0.717, 1.165) is 6.42 Å². The van der Waals surface area contributed by atoms with Crippen LogP contribution in [0.25, 0.3) is 0 Å². The molecule has 2 rings (SSSR count). The van der Waals surface area contributed by atoms with Crippen LogP contribution in [0.15, 0.2) is 18.5 Å². The molecule has 19 heavy (non-hydrogen) atoms. The van der Waals surface area contributed by atoms with E-state index >= 15 is 0 Å². The molecular formula is C16H26N2O. The fourth-order valence-corrected chi connectivity index (χ4v) is 3.47. The van der Waals surface area contributed by atoms with Gasteiger partial charge in [-0.1, -0.05) is 6.07 Å². The van der Waals surface area contributed by atoms with Gasteiger partial charge in [0.1, 0.15) is 0 Å². The number of hydrogen-bond donors (Lipinski definition) is 1. The third-order valence-corrected chi connectivity index (χ3v) is 4.11. The minimum atomic E-state index is -0.124. The molecule has 1 aliphatic heterocycles. The molecule has 0 radical (unpaired) electrons. The number of hydrogen-bond acceptors (Lipinski definition) is 3. The number of rotatable bonds is 3. The summed E-state index contributed by atoms with van der Waals surface area (Å²) in [6.45, 7) is 10.8. The van der Waals surface area contributed by atoms with E-state index in [0.29, 0.717) is 5.92 Å². The summed E-state index contributed by atoms with van der Waals surface area (Å²) in [5.41, 5.74) is 2.28. The van der Waals surface area contributed by atoms with Crippen LogP contribution in [-0.2, 0) is 4.74 Å². The fourth-order valence-electron chi connectivity index (χ4n) is 3.47. The molecule has 0 saturated carbocycles. The average molecular weight is 262 g/mol. The Labute approximate surface area is 116 Å². The van der Waals surface area contributed by atoms with Crippen molar-refractivity contribution in [1.82, 2.24) is 10.3 Å². The first-order chi connectivity index (χ1) is 8.75. The molecule has 3 nitrogen and oxygen atoms in total. The lowest BCUT2D eigenvalue weighted by atomic mass is 9.79. The Morgan fingerprint density at radius 3 is 2.47 bits per heavy atom. The molecule has 1 N–H and O–H groups in total. The molecule has 1 aromatic heterocycles. The lowest BCUT2D eigenvalue weighted by Gasteiger charge is -2.33. The molecule has 106 valence electrons. The Kier molecular flexibility index (Phi) is 3.72. The second-order valence-electron chi connectivity index (χ2n) is 6.84. The number of nitrogens with zero attached hydrogens (tertiary/aromatic N) is 1. The first-order valence-electron chi connectivity index (χ1n) is 7.04. The Hall–Kier alpha value is -0.930. The van der Waals surface area contributed by atoms with Crippen molar-refractivity contribution in [3.05, 3.63) is 29.6 Å². The molecule has 1 aromatic rings. The summed E-state index contributed by atoms with van der Waals surface area (Å²) in [7, 11) is 2.02. The SMILES string of the molecule is CNC(c1cncc(C)c1)C1CC(C)(C)OC1(C)C. The van der Waals surface area contributed by atoms with E-state index in [4.69, 9.17) is 4.74 Å². The van der Waals surface area contributed by atoms with Gasteiger partial charge in [0.15, 0.2) is 0 Å². The van der Waals surface area contributed by atoms with Gasteiger partial charge in [0.2, 0.25) is 0 Å². The molecule has 0 bridgehead atoms. The minimum absolute atomic E-state index is 0.0550. The molecule has 2 atom stereocenters. The summed E-state index contributed by atoms with van der Waals surface area (Å²) in [4.78, 5) is 4.33. The lowest BCUT2D eigenvalue weighted by molar-refractivity contribution is -0.0776. The van der Waals surface area contributed by atoms with E-state index in [9.17, 15) is 0 Å². The first kappa shape index (κ1) is 14.5. The topological polar surface area (TPSA) is 34.2 Å². The normalized spacial score (nSPS) is 26.3. The van der Waals surface area contributed by atoms with Crippen LogP contribution in [0.3, 0.4) is 0 Å². The van der Waals surface area contributed by atoms with Crippen LogP contribution in [0.1, 0.15) is 51.3 Å². The van der Waals surface area contributed by atoms with Crippen molar-refractivity contribution >= 4 is 0 Å². The highest BCUT2D eigenvalue weighted by Crippen LogP contribution is 2.47. The van der Waals surface area contributed by atoms with Crippen molar-refractivity contribution in [3.63, 3.8) is 0 Å². The third kappa shape index (κ3) is 2.98. The predicted molar refractivity (Wildman–Crippen MR) is 78.1 cm³/mol. The van der Waals surface area contributed by atoms with Gasteiger partial charge in [-0.15, -0.1) is 0 Å². The highest BCUT2D eigenvalue weighted by atomic mass is 16.5. The zero-order valence-electron chi connectivity index (χ0n) is 12.9. The van der Waals surface area contributed by atoms with Gasteiger partial charge >= 0.3 is 0 Å². The quantitative estimate of drug-likeness (QED) is 0.908. The molecule has 2 heterocycles. The predicted octanol–water partition coefficient (Wildman–Crippen LogP) is 3.24. The molecular weight excluding hydrogens is 236 g/mol. The van der Waals surface area contributed by atoms with Crippen molar-refractivity contribution in [2.75, 3.05) is 7.05 Å². The molecule has 1 saturated heterocycles. The number of aromatic nitrogens is 1. The second-order valence-corrected chi connectivity index (χ2v) is 6.84. The Morgan fingerprint density at radius 1 is 1.32 bits per heavy atom. The van der Waals surface area contributed by atoms with E-state index in [1.807, 2.05) is 19.4 Å². The van der Waals surface area contributed by atoms with Crippen LogP contribution in [0.4, 0.5) is 0 Å². The van der Waals surface area contributed by atoms with Crippen molar-refractivity contribution < 1.29 is 4.74 Å². The van der Waals surface area contributed by atoms with Crippen LogP contribution in [0.5, 0.6) is 0 Å². The van der Waals surface area contributed by atoms with Crippen molar-refractivity contribution in [2.45, 2.75) is 58.3 Å². The molecule has 1 fully saturated rings. The van der Waals surface area contributed by atoms with Crippen LogP contribution in [0.2, 0.25) is 0 Å². The van der Waals surface area contributed by atoms with E-state index in [-0.39, 0.29) is 17.2 Å². The first-order valence-corrected chi connectivity index (χ1v) is 7.04. The molecule has 1 aliphatic rings. The number of aryl methyl sites for hydroxylation is 1. The maximum absolute atomic E-state index is 6.22. The smallest absolute Gasteiger partial charge is 0.0681 e. The minimum Gasteiger partial charge on any atom is -0.369 e. The molecule has 0 spiro atoms. The van der Waals surface area contributed by atoms with Gasteiger partial charge in [-0.2, -0.15) is 0 Å². The number of ether oxygens (including phenoxy) is 1. The molecule has 3 heteroatoms. The maximum atomic E-state index is 6.22. The van der Waals surface area contributed by atoms with Gasteiger partial charge in [0, 0.05) is 24.4 Å². The highest BCUT2D eigenvalue weighted by Gasteiger charge is 2.49. The number of nitrogens with one attached hydrogen (secondary N) is 1. The monoisotopic (exact) mass is 262 g/mol. The van der Waals surface area contributed by atoms with Gasteiger partial charge in [-0.25, -0.2) is 0 Å². The second kappa shape index (κ2) is 4.88. The Morgan fingerprint density at radius 2 is 2.00 bits per heavy atom. The third-order valence-electron chi connectivity index (χ3n) is 4.11. The van der Waals surface area contributed by atoms with E-state index in [1.54, 1.807) is 0 Å². The molecule has 0 aliphatic carbocycles. The van der Waals surface area contributed by atoms with Crippen LogP contribution < -0.4 is 5.32 Å². The molecule has 0 aromatic carbocycles. The Bertz CT molecular complexity index is 454. The molecule has 2 unspecified atom stereocenters. The highest BCUT2D eigenvalue weighted by molar-refractivity contribution is 5.22. The zero-order valence-corrected chi connectivity index (χ0v) is 12.9. The summed E-state index contributed by atoms with van der Waals surface area (Å²) in [6.07, 6.45) is 4.92.